The number of nitrogens with one attached hydrogen (secondary N) is 1. The molecule has 1 saturated carbocycles. The Kier molecular flexibility index (Phi) is 8.41. The number of sulfonamides is 1. The number of rotatable bonds is 7. The van der Waals surface area contributed by atoms with Gasteiger partial charge >= 0.3 is 5.97 Å². The number of carboxylic acid groups (broad SMARTS) is 1. The smallest absolute Gasteiger partial charge is 0.352 e. The Morgan fingerprint density at radius 3 is 2.64 bits per heavy atom. The molecule has 45 heavy (non-hydrogen) atoms. The number of hydrogen-bond donors (Lipinski definition) is 2. The number of halogens is 1. The van der Waals surface area contributed by atoms with Gasteiger partial charge in [0.2, 0.25) is 10.0 Å². The molecule has 5 aromatic rings. The largest absolute Gasteiger partial charge is 0.493 e. The highest BCUT2D eigenvalue weighted by Crippen LogP contribution is 2.43. The second kappa shape index (κ2) is 12.2. The Hall–Kier alpha value is -3.86. The van der Waals surface area contributed by atoms with Gasteiger partial charge in [0.15, 0.2) is 0 Å². The van der Waals surface area contributed by atoms with E-state index >= 15 is 0 Å². The molecule has 11 heteroatoms. The van der Waals surface area contributed by atoms with Gasteiger partial charge in [-0.3, -0.25) is 5.10 Å². The van der Waals surface area contributed by atoms with E-state index in [0.717, 1.165) is 46.0 Å². The number of ether oxygens (including phenoxy) is 1. The van der Waals surface area contributed by atoms with Gasteiger partial charge in [0.25, 0.3) is 0 Å². The summed E-state index contributed by atoms with van der Waals surface area (Å²) in [5.74, 6) is -0.350. The van der Waals surface area contributed by atoms with E-state index in [4.69, 9.17) is 16.3 Å². The molecule has 3 heterocycles. The Morgan fingerprint density at radius 1 is 1.09 bits per heavy atom. The average Bonchev–Trinajstić information content (AvgIpc) is 3.70. The highest BCUT2D eigenvalue weighted by atomic mass is 35.5. The summed E-state index contributed by atoms with van der Waals surface area (Å²) in [6.07, 6.45) is 2.97. The second-order valence-electron chi connectivity index (χ2n) is 11.6. The maximum atomic E-state index is 13.5. The number of aryl methyl sites for hydroxylation is 3. The molecular formula is C34H37ClN4O5S. The summed E-state index contributed by atoms with van der Waals surface area (Å²) < 4.78 is 36.6. The molecule has 2 aliphatic rings. The zero-order valence-corrected chi connectivity index (χ0v) is 25.9. The number of carboxylic acids is 1. The monoisotopic (exact) mass is 648 g/mol. The Balaban J connectivity index is 0.00000357. The fourth-order valence-electron chi connectivity index (χ4n) is 6.62. The Bertz CT molecular complexity index is 2020. The lowest BCUT2D eigenvalue weighted by atomic mass is 9.98. The predicted octanol–water partition coefficient (Wildman–Crippen LogP) is 7.19. The van der Waals surface area contributed by atoms with E-state index in [1.165, 1.54) is 0 Å². The molecule has 2 N–H and O–H groups in total. The summed E-state index contributed by atoms with van der Waals surface area (Å²) in [6.45, 7) is 2.65. The van der Waals surface area contributed by atoms with Crippen LogP contribution < -0.4 is 4.74 Å². The molecule has 9 nitrogen and oxygen atoms in total. The molecule has 0 amide bonds. The fourth-order valence-corrected chi connectivity index (χ4v) is 8.58. The van der Waals surface area contributed by atoms with Crippen LogP contribution in [-0.2, 0) is 29.5 Å². The van der Waals surface area contributed by atoms with E-state index in [0.29, 0.717) is 46.8 Å². The van der Waals surface area contributed by atoms with Crippen LogP contribution in [0.5, 0.6) is 5.75 Å². The standard InChI is InChI=1S/C33H33ClN4O5S.CH4/c1-20-29-27(36-35-20)19-38(22-12-13-22)44(41,42)18-6-16-37-31-25(14-15-26(34)30(29)31)24(32(37)33(39)40)10-5-17-43-28-11-4-8-21-7-2-3-9-23(21)28;/h2-4,7-9,11,14-15,22H,5-6,10,12-13,16-19H2,1H3,(H,35,36)(H,39,40);1H4. The van der Waals surface area contributed by atoms with Crippen LogP contribution in [0.3, 0.4) is 0 Å². The number of benzene rings is 3. The molecule has 0 bridgehead atoms. The van der Waals surface area contributed by atoms with E-state index in [1.807, 2.05) is 55.5 Å². The van der Waals surface area contributed by atoms with Gasteiger partial charge in [0.05, 0.1) is 35.1 Å². The van der Waals surface area contributed by atoms with Gasteiger partial charge in [0.1, 0.15) is 11.4 Å². The lowest BCUT2D eigenvalue weighted by Crippen LogP contribution is -2.35. The molecule has 236 valence electrons. The minimum absolute atomic E-state index is 0. The minimum atomic E-state index is -3.59. The van der Waals surface area contributed by atoms with Gasteiger partial charge in [-0.05, 0) is 62.1 Å². The number of hydrogen-bond acceptors (Lipinski definition) is 5. The first-order valence-electron chi connectivity index (χ1n) is 15.0. The summed E-state index contributed by atoms with van der Waals surface area (Å²) in [4.78, 5) is 12.9. The molecule has 0 saturated heterocycles. The molecule has 0 atom stereocenters. The lowest BCUT2D eigenvalue weighted by molar-refractivity contribution is 0.0684. The number of carbonyl (C=O) groups is 1. The van der Waals surface area contributed by atoms with Crippen molar-refractivity contribution in [3.63, 3.8) is 0 Å². The SMILES string of the molecule is C.Cc1[nH]nc2c1-c1c(Cl)ccc3c(CCCOc4cccc5ccccc45)c(C(=O)O)n(c13)CCCS(=O)(=O)N(C1CC1)C2. The summed E-state index contributed by atoms with van der Waals surface area (Å²) in [7, 11) is -3.59. The van der Waals surface area contributed by atoms with Gasteiger partial charge in [-0.15, -0.1) is 0 Å². The summed E-state index contributed by atoms with van der Waals surface area (Å²) in [5, 5.41) is 21.5. The van der Waals surface area contributed by atoms with Crippen LogP contribution in [0.25, 0.3) is 32.8 Å². The molecule has 1 fully saturated rings. The molecule has 3 aromatic carbocycles. The number of aromatic carboxylic acids is 1. The van der Waals surface area contributed by atoms with E-state index in [1.54, 1.807) is 14.9 Å². The second-order valence-corrected chi connectivity index (χ2v) is 14.1. The Labute approximate surface area is 267 Å². The zero-order valence-electron chi connectivity index (χ0n) is 24.3. The van der Waals surface area contributed by atoms with Crippen LogP contribution in [0.4, 0.5) is 0 Å². The van der Waals surface area contributed by atoms with Gasteiger partial charge in [-0.2, -0.15) is 9.40 Å². The van der Waals surface area contributed by atoms with E-state index < -0.39 is 16.0 Å². The number of aromatic nitrogens is 3. The van der Waals surface area contributed by atoms with Gasteiger partial charge in [0, 0.05) is 40.2 Å². The summed E-state index contributed by atoms with van der Waals surface area (Å²) in [6, 6.07) is 17.6. The van der Waals surface area contributed by atoms with Crippen molar-refractivity contribution in [2.75, 3.05) is 12.4 Å². The Morgan fingerprint density at radius 2 is 1.87 bits per heavy atom. The number of H-pyrrole nitrogens is 1. The summed E-state index contributed by atoms with van der Waals surface area (Å²) in [5.41, 5.74) is 4.29. The molecule has 0 unspecified atom stereocenters. The van der Waals surface area contributed by atoms with Crippen LogP contribution >= 0.6 is 11.6 Å². The van der Waals surface area contributed by atoms with Crippen LogP contribution in [0.1, 0.15) is 60.5 Å². The van der Waals surface area contributed by atoms with Crippen molar-refractivity contribution in [3.8, 4) is 16.9 Å². The molecule has 0 spiro atoms. The zero-order chi connectivity index (χ0) is 30.6. The minimum Gasteiger partial charge on any atom is -0.493 e. The quantitative estimate of drug-likeness (QED) is 0.180. The first kappa shape index (κ1) is 31.1. The van der Waals surface area contributed by atoms with Crippen molar-refractivity contribution < 1.29 is 23.1 Å². The molecule has 1 aliphatic carbocycles. The molecule has 1 aliphatic heterocycles. The van der Waals surface area contributed by atoms with E-state index in [9.17, 15) is 18.3 Å². The third-order valence-electron chi connectivity index (χ3n) is 8.73. The number of fused-ring (bicyclic) bond motifs is 3. The normalized spacial score (nSPS) is 16.6. The molecule has 2 aromatic heterocycles. The first-order chi connectivity index (χ1) is 21.2. The maximum absolute atomic E-state index is 13.5. The fraction of sp³-hybridized carbons (Fsp3) is 0.353. The third kappa shape index (κ3) is 5.60. The van der Waals surface area contributed by atoms with Crippen LogP contribution in [-0.4, -0.2) is 57.0 Å². The molecule has 7 rings (SSSR count). The highest BCUT2D eigenvalue weighted by Gasteiger charge is 2.39. The van der Waals surface area contributed by atoms with Gasteiger partial charge < -0.3 is 14.4 Å². The topological polar surface area (TPSA) is 118 Å². The van der Waals surface area contributed by atoms with Gasteiger partial charge in [-0.1, -0.05) is 61.5 Å². The first-order valence-corrected chi connectivity index (χ1v) is 16.9. The van der Waals surface area contributed by atoms with Crippen LogP contribution in [0, 0.1) is 6.92 Å². The number of nitrogens with zero attached hydrogens (tertiary/aromatic N) is 3. The van der Waals surface area contributed by atoms with Crippen molar-refractivity contribution in [3.05, 3.63) is 82.3 Å². The predicted molar refractivity (Wildman–Crippen MR) is 178 cm³/mol. The van der Waals surface area contributed by atoms with Crippen LogP contribution in [0.2, 0.25) is 5.02 Å². The van der Waals surface area contributed by atoms with Crippen molar-refractivity contribution in [2.24, 2.45) is 0 Å². The maximum Gasteiger partial charge on any atom is 0.352 e. The van der Waals surface area contributed by atoms with Crippen LogP contribution in [0.15, 0.2) is 54.6 Å². The van der Waals surface area contributed by atoms with Crippen molar-refractivity contribution in [1.29, 1.82) is 0 Å². The van der Waals surface area contributed by atoms with E-state index in [2.05, 4.69) is 10.2 Å². The summed E-state index contributed by atoms with van der Waals surface area (Å²) >= 11 is 6.92. The third-order valence-corrected chi connectivity index (χ3v) is 11.0. The van der Waals surface area contributed by atoms with Gasteiger partial charge in [-0.25, -0.2) is 13.2 Å². The number of aromatic amines is 1. The molecular weight excluding hydrogens is 612 g/mol. The van der Waals surface area contributed by atoms with Crippen molar-refractivity contribution in [1.82, 2.24) is 19.1 Å². The lowest BCUT2D eigenvalue weighted by Gasteiger charge is -2.21. The molecule has 0 radical (unpaired) electrons. The average molecular weight is 649 g/mol. The van der Waals surface area contributed by atoms with Crippen molar-refractivity contribution >= 4 is 49.3 Å². The highest BCUT2D eigenvalue weighted by molar-refractivity contribution is 7.89. The van der Waals surface area contributed by atoms with Crippen molar-refractivity contribution in [2.45, 2.75) is 65.6 Å². The van der Waals surface area contributed by atoms with E-state index in [-0.39, 0.29) is 44.4 Å².